The topological polar surface area (TPSA) is 63.7 Å². The number of ether oxygens (including phenoxy) is 2. The predicted octanol–water partition coefficient (Wildman–Crippen LogP) is 2.90. The molecule has 0 bridgehead atoms. The maximum absolute atomic E-state index is 10.8. The molecule has 0 fully saturated rings. The first-order chi connectivity index (χ1) is 8.24. The first kappa shape index (κ1) is 11.6. The molecule has 5 heteroatoms. The lowest BCUT2D eigenvalue weighted by atomic mass is 10.2. The highest BCUT2D eigenvalue weighted by molar-refractivity contribution is 5.91. The van der Waals surface area contributed by atoms with Crippen LogP contribution in [-0.2, 0) is 4.74 Å². The van der Waals surface area contributed by atoms with Gasteiger partial charge in [0.25, 0.3) is 0 Å². The molecule has 17 heavy (non-hydrogen) atoms. The Kier molecular flexibility index (Phi) is 3.39. The van der Waals surface area contributed by atoms with Crippen LogP contribution in [0.25, 0.3) is 10.9 Å². The molecule has 0 saturated carbocycles. The number of hydrogen-bond donors (Lipinski definition) is 1. The van der Waals surface area contributed by atoms with Crippen molar-refractivity contribution in [2.75, 3.05) is 20.3 Å². The smallest absolute Gasteiger partial charge is 0.135 e. The summed E-state index contributed by atoms with van der Waals surface area (Å²) < 4.78 is 10.4. The number of fused-ring (bicyclic) bond motifs is 1. The number of aryl methyl sites for hydroxylation is 1. The second-order valence-electron chi connectivity index (χ2n) is 3.79. The molecule has 0 aliphatic heterocycles. The minimum Gasteiger partial charge on any atom is -0.491 e. The second kappa shape index (κ2) is 4.97. The molecule has 1 aromatic carbocycles. The Bertz CT molecular complexity index is 534. The van der Waals surface area contributed by atoms with Gasteiger partial charge in [0.1, 0.15) is 18.0 Å². The van der Waals surface area contributed by atoms with Crippen molar-refractivity contribution < 1.29 is 9.47 Å². The minimum absolute atomic E-state index is 0.364. The van der Waals surface area contributed by atoms with Crippen LogP contribution in [0.3, 0.4) is 0 Å². The van der Waals surface area contributed by atoms with E-state index in [9.17, 15) is 4.91 Å². The zero-order valence-electron chi connectivity index (χ0n) is 9.82. The van der Waals surface area contributed by atoms with Crippen LogP contribution < -0.4 is 4.74 Å². The monoisotopic (exact) mass is 234 g/mol. The van der Waals surface area contributed by atoms with E-state index in [1.807, 2.05) is 19.1 Å². The van der Waals surface area contributed by atoms with Crippen molar-refractivity contribution in [1.29, 1.82) is 0 Å². The van der Waals surface area contributed by atoms with Gasteiger partial charge in [0, 0.05) is 24.3 Å². The Labute approximate surface area is 98.7 Å². The van der Waals surface area contributed by atoms with Gasteiger partial charge < -0.3 is 14.5 Å². The van der Waals surface area contributed by atoms with E-state index in [1.54, 1.807) is 13.2 Å². The summed E-state index contributed by atoms with van der Waals surface area (Å²) in [6, 6.07) is 5.46. The SMILES string of the molecule is COCCOc1cc(N=O)c2[nH]c(C)cc2c1. The molecule has 0 saturated heterocycles. The van der Waals surface area contributed by atoms with E-state index in [1.165, 1.54) is 0 Å². The minimum atomic E-state index is 0.364. The fourth-order valence-electron chi connectivity index (χ4n) is 1.74. The van der Waals surface area contributed by atoms with Crippen molar-refractivity contribution in [3.8, 4) is 5.75 Å². The zero-order chi connectivity index (χ0) is 12.3. The molecule has 2 aromatic rings. The Morgan fingerprint density at radius 2 is 2.12 bits per heavy atom. The number of rotatable bonds is 5. The standard InChI is InChI=1S/C12H14N2O3/c1-8-5-9-6-10(17-4-3-16-2)7-11(14-15)12(9)13-8/h5-7,13H,3-4H2,1-2H3. The highest BCUT2D eigenvalue weighted by atomic mass is 16.5. The summed E-state index contributed by atoms with van der Waals surface area (Å²) in [6.07, 6.45) is 0. The summed E-state index contributed by atoms with van der Waals surface area (Å²) in [5.74, 6) is 0.628. The van der Waals surface area contributed by atoms with E-state index in [-0.39, 0.29) is 0 Å². The van der Waals surface area contributed by atoms with Crippen LogP contribution in [0.1, 0.15) is 5.69 Å². The molecule has 0 unspecified atom stereocenters. The third-order valence-electron chi connectivity index (χ3n) is 2.47. The number of benzene rings is 1. The number of H-pyrrole nitrogens is 1. The summed E-state index contributed by atoms with van der Waals surface area (Å²) in [4.78, 5) is 13.9. The van der Waals surface area contributed by atoms with Crippen molar-refractivity contribution >= 4 is 16.6 Å². The Morgan fingerprint density at radius 1 is 1.29 bits per heavy atom. The third kappa shape index (κ3) is 2.45. The van der Waals surface area contributed by atoms with E-state index in [0.29, 0.717) is 24.7 Å². The lowest BCUT2D eigenvalue weighted by molar-refractivity contribution is 0.146. The highest BCUT2D eigenvalue weighted by Gasteiger charge is 2.08. The van der Waals surface area contributed by atoms with Crippen molar-refractivity contribution in [3.05, 3.63) is 28.8 Å². The van der Waals surface area contributed by atoms with Crippen LogP contribution in [0.2, 0.25) is 0 Å². The van der Waals surface area contributed by atoms with Gasteiger partial charge >= 0.3 is 0 Å². The van der Waals surface area contributed by atoms with Gasteiger partial charge in [-0.25, -0.2) is 0 Å². The molecule has 1 N–H and O–H groups in total. The van der Waals surface area contributed by atoms with Gasteiger partial charge in [0.05, 0.1) is 12.1 Å². The molecule has 2 rings (SSSR count). The van der Waals surface area contributed by atoms with E-state index in [2.05, 4.69) is 10.2 Å². The molecule has 5 nitrogen and oxygen atoms in total. The van der Waals surface area contributed by atoms with Crippen molar-refractivity contribution in [2.24, 2.45) is 5.18 Å². The average molecular weight is 234 g/mol. The van der Waals surface area contributed by atoms with Crippen LogP contribution in [0.4, 0.5) is 5.69 Å². The molecule has 0 spiro atoms. The van der Waals surface area contributed by atoms with Gasteiger partial charge in [-0.05, 0) is 24.2 Å². The van der Waals surface area contributed by atoms with E-state index >= 15 is 0 Å². The maximum Gasteiger partial charge on any atom is 0.135 e. The first-order valence-electron chi connectivity index (χ1n) is 5.33. The van der Waals surface area contributed by atoms with Crippen LogP contribution in [-0.4, -0.2) is 25.3 Å². The molecule has 1 aromatic heterocycles. The highest BCUT2D eigenvalue weighted by Crippen LogP contribution is 2.31. The van der Waals surface area contributed by atoms with Crippen LogP contribution >= 0.6 is 0 Å². The molecule has 1 heterocycles. The van der Waals surface area contributed by atoms with E-state index in [4.69, 9.17) is 9.47 Å². The fraction of sp³-hybridized carbons (Fsp3) is 0.333. The Morgan fingerprint density at radius 3 is 2.82 bits per heavy atom. The largest absolute Gasteiger partial charge is 0.491 e. The summed E-state index contributed by atoms with van der Waals surface area (Å²) in [5.41, 5.74) is 2.10. The second-order valence-corrected chi connectivity index (χ2v) is 3.79. The van der Waals surface area contributed by atoms with E-state index < -0.39 is 0 Å². The molecule has 0 amide bonds. The molecule has 0 aliphatic carbocycles. The zero-order valence-corrected chi connectivity index (χ0v) is 9.82. The van der Waals surface area contributed by atoms with Gasteiger partial charge in [0.15, 0.2) is 0 Å². The van der Waals surface area contributed by atoms with Crippen molar-refractivity contribution in [3.63, 3.8) is 0 Å². The maximum atomic E-state index is 10.8. The van der Waals surface area contributed by atoms with Crippen molar-refractivity contribution in [1.82, 2.24) is 4.98 Å². The number of aromatic nitrogens is 1. The fourth-order valence-corrected chi connectivity index (χ4v) is 1.74. The number of nitrogens with one attached hydrogen (secondary N) is 1. The number of nitrogens with zero attached hydrogens (tertiary/aromatic N) is 1. The predicted molar refractivity (Wildman–Crippen MR) is 65.9 cm³/mol. The first-order valence-corrected chi connectivity index (χ1v) is 5.33. The van der Waals surface area contributed by atoms with Crippen molar-refractivity contribution in [2.45, 2.75) is 6.92 Å². The molecule has 0 aliphatic rings. The van der Waals surface area contributed by atoms with Gasteiger partial charge in [0.2, 0.25) is 0 Å². The van der Waals surface area contributed by atoms with Gasteiger partial charge in [-0.2, -0.15) is 0 Å². The number of hydrogen-bond acceptors (Lipinski definition) is 4. The summed E-state index contributed by atoms with van der Waals surface area (Å²) in [6.45, 7) is 2.89. The Hall–Kier alpha value is -1.88. The van der Waals surface area contributed by atoms with Crippen LogP contribution in [0.15, 0.2) is 23.4 Å². The number of aromatic amines is 1. The summed E-state index contributed by atoms with van der Waals surface area (Å²) >= 11 is 0. The van der Waals surface area contributed by atoms with Gasteiger partial charge in [-0.15, -0.1) is 4.91 Å². The molecule has 90 valence electrons. The summed E-state index contributed by atoms with van der Waals surface area (Å²) in [7, 11) is 1.61. The summed E-state index contributed by atoms with van der Waals surface area (Å²) in [5, 5.41) is 3.93. The number of methoxy groups -OCH3 is 1. The third-order valence-corrected chi connectivity index (χ3v) is 2.47. The molecular weight excluding hydrogens is 220 g/mol. The quantitative estimate of drug-likeness (QED) is 0.639. The normalized spacial score (nSPS) is 10.7. The molecular formula is C12H14N2O3. The van der Waals surface area contributed by atoms with Gasteiger partial charge in [-0.1, -0.05) is 0 Å². The van der Waals surface area contributed by atoms with Crippen LogP contribution in [0.5, 0.6) is 5.75 Å². The molecule has 0 radical (unpaired) electrons. The number of nitroso groups, excluding NO2 is 1. The van der Waals surface area contributed by atoms with Crippen LogP contribution in [0, 0.1) is 11.8 Å². The molecule has 0 atom stereocenters. The Balaban J connectivity index is 2.34. The lowest BCUT2D eigenvalue weighted by Gasteiger charge is -2.06. The average Bonchev–Trinajstić information content (AvgIpc) is 2.68. The van der Waals surface area contributed by atoms with Gasteiger partial charge in [-0.3, -0.25) is 0 Å². The lowest BCUT2D eigenvalue weighted by Crippen LogP contribution is -2.03. The van der Waals surface area contributed by atoms with E-state index in [0.717, 1.165) is 16.6 Å².